The van der Waals surface area contributed by atoms with E-state index in [-0.39, 0.29) is 5.54 Å². The summed E-state index contributed by atoms with van der Waals surface area (Å²) in [5.41, 5.74) is 1.94. The van der Waals surface area contributed by atoms with Gasteiger partial charge in [0.2, 0.25) is 0 Å². The van der Waals surface area contributed by atoms with Gasteiger partial charge in [-0.1, -0.05) is 12.7 Å². The van der Waals surface area contributed by atoms with Gasteiger partial charge in [0.15, 0.2) is 0 Å². The van der Waals surface area contributed by atoms with Crippen LogP contribution in [0.1, 0.15) is 6.42 Å². The van der Waals surface area contributed by atoms with Gasteiger partial charge in [-0.05, 0) is 12.5 Å². The second kappa shape index (κ2) is 3.93. The molecule has 1 spiro atoms. The number of fused-ring (bicyclic) bond motifs is 1. The molecule has 2 N–H and O–H groups in total. The summed E-state index contributed by atoms with van der Waals surface area (Å²) in [4.78, 5) is 14.0. The van der Waals surface area contributed by atoms with E-state index in [0.29, 0.717) is 5.92 Å². The van der Waals surface area contributed by atoms with Crippen molar-refractivity contribution in [3.05, 3.63) is 43.5 Å². The molecule has 2 atom stereocenters. The van der Waals surface area contributed by atoms with Crippen LogP contribution in [0.2, 0.25) is 0 Å². The Morgan fingerprint density at radius 3 is 3.10 bits per heavy atom. The summed E-state index contributed by atoms with van der Waals surface area (Å²) in [6.45, 7) is 10.2. The quantitative estimate of drug-likeness (QED) is 0.815. The summed E-state index contributed by atoms with van der Waals surface area (Å²) in [5, 5.41) is 4.59. The fourth-order valence-electron chi connectivity index (χ4n) is 3.46. The van der Waals surface area contributed by atoms with E-state index in [0.717, 1.165) is 42.1 Å². The van der Waals surface area contributed by atoms with Crippen LogP contribution in [0.3, 0.4) is 0 Å². The number of H-pyrrole nitrogens is 1. The minimum atomic E-state index is -0.0185. The molecule has 2 aliphatic rings. The molecule has 0 aromatic carbocycles. The Morgan fingerprint density at radius 1 is 1.45 bits per heavy atom. The Bertz CT molecular complexity index is 703. The maximum atomic E-state index is 4.47. The number of nitrogens with one attached hydrogen (secondary N) is 2. The summed E-state index contributed by atoms with van der Waals surface area (Å²) < 4.78 is 0. The Hall–Kier alpha value is -2.14. The summed E-state index contributed by atoms with van der Waals surface area (Å²) in [7, 11) is 0. The molecule has 2 aromatic heterocycles. The minimum Gasteiger partial charge on any atom is -0.346 e. The van der Waals surface area contributed by atoms with Crippen molar-refractivity contribution in [2.75, 3.05) is 18.0 Å². The second-order valence-electron chi connectivity index (χ2n) is 5.48. The zero-order chi connectivity index (χ0) is 13.7. The third-order valence-electron chi connectivity index (χ3n) is 4.71. The molecular formula is C15H17N5. The monoisotopic (exact) mass is 267 g/mol. The Morgan fingerprint density at radius 2 is 2.35 bits per heavy atom. The van der Waals surface area contributed by atoms with Crippen LogP contribution < -0.4 is 10.2 Å². The molecule has 5 nitrogen and oxygen atoms in total. The lowest BCUT2D eigenvalue weighted by molar-refractivity contribution is 0.190. The van der Waals surface area contributed by atoms with E-state index in [1.165, 1.54) is 0 Å². The molecule has 0 saturated carbocycles. The molecule has 4 heterocycles. The van der Waals surface area contributed by atoms with Gasteiger partial charge in [0.1, 0.15) is 17.8 Å². The molecule has 0 aliphatic carbocycles. The summed E-state index contributed by atoms with van der Waals surface area (Å²) in [6.07, 6.45) is 6.58. The van der Waals surface area contributed by atoms with Crippen molar-refractivity contribution < 1.29 is 0 Å². The van der Waals surface area contributed by atoms with Crippen LogP contribution in [-0.2, 0) is 0 Å². The smallest absolute Gasteiger partial charge is 0.145 e. The van der Waals surface area contributed by atoms with Crippen LogP contribution in [-0.4, -0.2) is 33.6 Å². The Balaban J connectivity index is 1.76. The van der Waals surface area contributed by atoms with E-state index in [9.17, 15) is 0 Å². The zero-order valence-corrected chi connectivity index (χ0v) is 11.3. The third-order valence-corrected chi connectivity index (χ3v) is 4.71. The van der Waals surface area contributed by atoms with E-state index >= 15 is 0 Å². The van der Waals surface area contributed by atoms with Crippen molar-refractivity contribution in [3.8, 4) is 0 Å². The normalized spacial score (nSPS) is 29.1. The third kappa shape index (κ3) is 1.30. The topological polar surface area (TPSA) is 56.8 Å². The molecule has 0 bridgehead atoms. The molecule has 2 aromatic rings. The number of hydrogen-bond acceptors (Lipinski definition) is 4. The predicted octanol–water partition coefficient (Wildman–Crippen LogP) is 1.83. The fraction of sp³-hybridized carbons (Fsp3) is 0.333. The molecule has 0 radical (unpaired) electrons. The first-order valence-corrected chi connectivity index (χ1v) is 6.89. The van der Waals surface area contributed by atoms with Crippen LogP contribution in [0.25, 0.3) is 11.0 Å². The first-order valence-electron chi connectivity index (χ1n) is 6.89. The highest BCUT2D eigenvalue weighted by atomic mass is 15.3. The fourth-order valence-corrected chi connectivity index (χ4v) is 3.46. The van der Waals surface area contributed by atoms with E-state index in [2.05, 4.69) is 38.3 Å². The first-order chi connectivity index (χ1) is 9.76. The molecule has 2 saturated heterocycles. The molecule has 4 rings (SSSR count). The maximum Gasteiger partial charge on any atom is 0.145 e. The van der Waals surface area contributed by atoms with Crippen molar-refractivity contribution in [3.63, 3.8) is 0 Å². The van der Waals surface area contributed by atoms with Gasteiger partial charge in [0.05, 0.1) is 10.9 Å². The summed E-state index contributed by atoms with van der Waals surface area (Å²) in [6, 6.07) is 2.02. The van der Waals surface area contributed by atoms with Crippen LogP contribution in [0.15, 0.2) is 43.5 Å². The van der Waals surface area contributed by atoms with Crippen molar-refractivity contribution in [2.45, 2.75) is 12.0 Å². The highest BCUT2D eigenvalue weighted by Gasteiger charge is 2.52. The molecule has 2 aliphatic heterocycles. The first kappa shape index (κ1) is 11.7. The maximum absolute atomic E-state index is 4.47. The number of aromatic nitrogens is 3. The molecule has 2 fully saturated rings. The Labute approximate surface area is 117 Å². The van der Waals surface area contributed by atoms with Crippen molar-refractivity contribution in [1.82, 2.24) is 20.3 Å². The molecule has 20 heavy (non-hydrogen) atoms. The Kier molecular flexibility index (Phi) is 2.29. The van der Waals surface area contributed by atoms with Gasteiger partial charge < -0.3 is 15.2 Å². The van der Waals surface area contributed by atoms with Gasteiger partial charge in [0, 0.05) is 30.9 Å². The predicted molar refractivity (Wildman–Crippen MR) is 79.4 cm³/mol. The van der Waals surface area contributed by atoms with E-state index < -0.39 is 0 Å². The summed E-state index contributed by atoms with van der Waals surface area (Å²) in [5.74, 6) is 1.40. The van der Waals surface area contributed by atoms with Crippen LogP contribution in [0.4, 0.5) is 5.82 Å². The second-order valence-corrected chi connectivity index (χ2v) is 5.48. The van der Waals surface area contributed by atoms with Gasteiger partial charge >= 0.3 is 0 Å². The van der Waals surface area contributed by atoms with Crippen molar-refractivity contribution in [2.24, 2.45) is 5.92 Å². The van der Waals surface area contributed by atoms with Crippen LogP contribution in [0.5, 0.6) is 0 Å². The lowest BCUT2D eigenvalue weighted by Gasteiger charge is -2.48. The number of hydrogen-bond donors (Lipinski definition) is 2. The van der Waals surface area contributed by atoms with Gasteiger partial charge in [-0.3, -0.25) is 0 Å². The number of nitrogens with zero attached hydrogens (tertiary/aromatic N) is 3. The molecule has 0 unspecified atom stereocenters. The van der Waals surface area contributed by atoms with Gasteiger partial charge in [0.25, 0.3) is 0 Å². The lowest BCUT2D eigenvalue weighted by Crippen LogP contribution is -2.64. The van der Waals surface area contributed by atoms with E-state index in [1.54, 1.807) is 6.33 Å². The van der Waals surface area contributed by atoms with Crippen molar-refractivity contribution in [1.29, 1.82) is 0 Å². The van der Waals surface area contributed by atoms with E-state index in [4.69, 9.17) is 0 Å². The largest absolute Gasteiger partial charge is 0.346 e. The molecule has 5 heteroatoms. The summed E-state index contributed by atoms with van der Waals surface area (Å²) >= 11 is 0. The average molecular weight is 267 g/mol. The zero-order valence-electron chi connectivity index (χ0n) is 11.3. The lowest BCUT2D eigenvalue weighted by atomic mass is 9.74. The average Bonchev–Trinajstić information content (AvgIpc) is 3.03. The van der Waals surface area contributed by atoms with Crippen molar-refractivity contribution >= 4 is 16.9 Å². The minimum absolute atomic E-state index is 0.0185. The number of aromatic amines is 1. The van der Waals surface area contributed by atoms with Crippen LogP contribution in [0, 0.1) is 5.92 Å². The standard InChI is InChI=1S/C15H17N5/c1-3-11-8-19-15(11)5-7-20(10(15)2)14-12-4-6-16-13(12)17-9-18-14/h3-4,6,9,11,19H,1-2,5,7-8H2,(H,16,17,18)/t11-,15-/m0/s1. The molecule has 0 amide bonds. The highest BCUT2D eigenvalue weighted by Crippen LogP contribution is 2.45. The molecular weight excluding hydrogens is 250 g/mol. The highest BCUT2D eigenvalue weighted by molar-refractivity contribution is 5.88. The van der Waals surface area contributed by atoms with Gasteiger partial charge in [-0.25, -0.2) is 9.97 Å². The molecule has 102 valence electrons. The van der Waals surface area contributed by atoms with Gasteiger partial charge in [-0.15, -0.1) is 6.58 Å². The number of rotatable bonds is 2. The van der Waals surface area contributed by atoms with Crippen LogP contribution >= 0.6 is 0 Å². The van der Waals surface area contributed by atoms with Gasteiger partial charge in [-0.2, -0.15) is 0 Å². The SMILES string of the molecule is C=C[C@H]1CN[C@]12CCN(c1ncnc3[nH]ccc13)C2=C. The number of anilines is 1. The van der Waals surface area contributed by atoms with E-state index in [1.807, 2.05) is 18.3 Å².